The molecule has 0 bridgehead atoms. The Balaban J connectivity index is 1.40. The van der Waals surface area contributed by atoms with Crippen molar-refractivity contribution in [3.05, 3.63) is 112 Å². The van der Waals surface area contributed by atoms with Gasteiger partial charge in [-0.2, -0.15) is 5.10 Å². The first-order valence-corrected chi connectivity index (χ1v) is 11.3. The molecule has 168 valence electrons. The van der Waals surface area contributed by atoms with E-state index in [4.69, 9.17) is 16.3 Å². The van der Waals surface area contributed by atoms with Crippen LogP contribution in [0.3, 0.4) is 0 Å². The number of benzene rings is 3. The maximum absolute atomic E-state index is 12.8. The van der Waals surface area contributed by atoms with Crippen LogP contribution < -0.4 is 10.1 Å². The van der Waals surface area contributed by atoms with Crippen molar-refractivity contribution in [1.29, 1.82) is 0 Å². The van der Waals surface area contributed by atoms with Gasteiger partial charge in [-0.1, -0.05) is 61.0 Å². The quantitative estimate of drug-likeness (QED) is 0.337. The van der Waals surface area contributed by atoms with Crippen LogP contribution in [0.5, 0.6) is 5.75 Å². The number of anilines is 1. The average Bonchev–Trinajstić information content (AvgIpc) is 3.18. The summed E-state index contributed by atoms with van der Waals surface area (Å²) in [6.07, 6.45) is 0.995. The van der Waals surface area contributed by atoms with E-state index in [0.29, 0.717) is 29.6 Å². The van der Waals surface area contributed by atoms with Crippen molar-refractivity contribution in [1.82, 2.24) is 9.78 Å². The number of aromatic nitrogens is 2. The third-order valence-electron chi connectivity index (χ3n) is 5.43. The van der Waals surface area contributed by atoms with E-state index in [1.54, 1.807) is 6.07 Å². The molecule has 0 saturated carbocycles. The van der Waals surface area contributed by atoms with Crippen molar-refractivity contribution in [2.45, 2.75) is 33.4 Å². The van der Waals surface area contributed by atoms with Crippen LogP contribution in [0.15, 0.2) is 78.9 Å². The lowest BCUT2D eigenvalue weighted by molar-refractivity contribution is 0.102. The molecular weight excluding hydrogens is 434 g/mol. The van der Waals surface area contributed by atoms with E-state index in [-0.39, 0.29) is 5.91 Å². The van der Waals surface area contributed by atoms with Crippen LogP contribution in [0, 0.1) is 6.92 Å². The zero-order valence-electron chi connectivity index (χ0n) is 18.7. The number of hydrogen-bond acceptors (Lipinski definition) is 3. The molecule has 0 atom stereocenters. The minimum Gasteiger partial charge on any atom is -0.489 e. The molecule has 4 rings (SSSR count). The summed E-state index contributed by atoms with van der Waals surface area (Å²) in [5, 5.41) is 8.11. The fourth-order valence-electron chi connectivity index (χ4n) is 3.50. The molecule has 3 aromatic carbocycles. The number of hydrogen-bond donors (Lipinski definition) is 1. The Bertz CT molecular complexity index is 1250. The third-order valence-corrected chi connectivity index (χ3v) is 5.80. The van der Waals surface area contributed by atoms with Crippen LogP contribution >= 0.6 is 11.6 Å². The van der Waals surface area contributed by atoms with E-state index in [0.717, 1.165) is 29.0 Å². The second-order valence-electron chi connectivity index (χ2n) is 7.86. The monoisotopic (exact) mass is 459 g/mol. The van der Waals surface area contributed by atoms with E-state index >= 15 is 0 Å². The van der Waals surface area contributed by atoms with Gasteiger partial charge in [0.05, 0.1) is 6.54 Å². The Labute approximate surface area is 199 Å². The summed E-state index contributed by atoms with van der Waals surface area (Å²) in [6, 6.07) is 25.0. The number of carbonyl (C=O) groups excluding carboxylic acids is 1. The molecule has 0 unspecified atom stereocenters. The molecular formula is C27H26ClN3O2. The normalized spacial score (nSPS) is 10.8. The van der Waals surface area contributed by atoms with Crippen LogP contribution in [0.1, 0.15) is 39.7 Å². The van der Waals surface area contributed by atoms with E-state index in [1.165, 1.54) is 5.56 Å². The molecule has 1 N–H and O–H groups in total. The number of nitrogens with one attached hydrogen (secondary N) is 1. The van der Waals surface area contributed by atoms with Crippen LogP contribution in [0.25, 0.3) is 0 Å². The van der Waals surface area contributed by atoms with Gasteiger partial charge in [0.1, 0.15) is 12.4 Å². The lowest BCUT2D eigenvalue weighted by Gasteiger charge is -2.09. The van der Waals surface area contributed by atoms with Crippen molar-refractivity contribution in [3.63, 3.8) is 0 Å². The van der Waals surface area contributed by atoms with E-state index < -0.39 is 0 Å². The highest BCUT2D eigenvalue weighted by Crippen LogP contribution is 2.19. The Kier molecular flexibility index (Phi) is 7.10. The van der Waals surface area contributed by atoms with E-state index in [9.17, 15) is 4.79 Å². The summed E-state index contributed by atoms with van der Waals surface area (Å²) < 4.78 is 7.70. The molecule has 0 aliphatic rings. The second-order valence-corrected chi connectivity index (χ2v) is 8.27. The van der Waals surface area contributed by atoms with Crippen molar-refractivity contribution in [3.8, 4) is 5.75 Å². The minimum absolute atomic E-state index is 0.216. The molecule has 0 spiro atoms. The molecule has 0 fully saturated rings. The van der Waals surface area contributed by atoms with Crippen molar-refractivity contribution >= 4 is 23.3 Å². The Morgan fingerprint density at radius 3 is 2.55 bits per heavy atom. The van der Waals surface area contributed by atoms with Gasteiger partial charge in [-0.05, 0) is 60.4 Å². The minimum atomic E-state index is -0.216. The van der Waals surface area contributed by atoms with Gasteiger partial charge in [-0.25, -0.2) is 0 Å². The predicted molar refractivity (Wildman–Crippen MR) is 132 cm³/mol. The third kappa shape index (κ3) is 5.82. The summed E-state index contributed by atoms with van der Waals surface area (Å²) in [6.45, 7) is 4.99. The van der Waals surface area contributed by atoms with Gasteiger partial charge in [0, 0.05) is 22.3 Å². The van der Waals surface area contributed by atoms with Gasteiger partial charge in [0.25, 0.3) is 5.91 Å². The number of halogens is 1. The van der Waals surface area contributed by atoms with Gasteiger partial charge in [0.15, 0.2) is 5.82 Å². The molecule has 0 radical (unpaired) electrons. The summed E-state index contributed by atoms with van der Waals surface area (Å²) in [5.41, 5.74) is 4.64. The second kappa shape index (κ2) is 10.4. The predicted octanol–water partition coefficient (Wildman–Crippen LogP) is 6.29. The first kappa shape index (κ1) is 22.6. The summed E-state index contributed by atoms with van der Waals surface area (Å²) >= 11 is 6.27. The van der Waals surface area contributed by atoms with E-state index in [1.807, 2.05) is 72.3 Å². The van der Waals surface area contributed by atoms with Gasteiger partial charge >= 0.3 is 0 Å². The number of amides is 1. The molecule has 4 aromatic rings. The number of rotatable bonds is 8. The lowest BCUT2D eigenvalue weighted by Crippen LogP contribution is -2.13. The van der Waals surface area contributed by atoms with Crippen LogP contribution in [-0.4, -0.2) is 15.7 Å². The fraction of sp³-hybridized carbons (Fsp3) is 0.185. The lowest BCUT2D eigenvalue weighted by atomic mass is 10.1. The Morgan fingerprint density at radius 2 is 1.79 bits per heavy atom. The van der Waals surface area contributed by atoms with Crippen molar-refractivity contribution in [2.24, 2.45) is 0 Å². The number of nitrogens with zero attached hydrogens (tertiary/aromatic N) is 2. The fourth-order valence-corrected chi connectivity index (χ4v) is 3.69. The smallest absolute Gasteiger partial charge is 0.256 e. The summed E-state index contributed by atoms with van der Waals surface area (Å²) in [4.78, 5) is 12.8. The van der Waals surface area contributed by atoms with Gasteiger partial charge in [-0.3, -0.25) is 9.48 Å². The van der Waals surface area contributed by atoms with Crippen LogP contribution in [0.4, 0.5) is 5.82 Å². The zero-order chi connectivity index (χ0) is 23.2. The molecule has 0 saturated heterocycles. The highest BCUT2D eigenvalue weighted by atomic mass is 35.5. The molecule has 1 aromatic heterocycles. The van der Waals surface area contributed by atoms with E-state index in [2.05, 4.69) is 29.5 Å². The van der Waals surface area contributed by atoms with Crippen LogP contribution in [0.2, 0.25) is 5.02 Å². The largest absolute Gasteiger partial charge is 0.489 e. The maximum Gasteiger partial charge on any atom is 0.256 e. The first-order valence-electron chi connectivity index (χ1n) is 10.9. The molecule has 1 amide bonds. The van der Waals surface area contributed by atoms with Gasteiger partial charge in [0.2, 0.25) is 0 Å². The zero-order valence-corrected chi connectivity index (χ0v) is 19.5. The topological polar surface area (TPSA) is 56.1 Å². The molecule has 6 heteroatoms. The maximum atomic E-state index is 12.8. The van der Waals surface area contributed by atoms with Gasteiger partial charge in [-0.15, -0.1) is 0 Å². The molecule has 0 aliphatic carbocycles. The molecule has 5 nitrogen and oxygen atoms in total. The van der Waals surface area contributed by atoms with Gasteiger partial charge < -0.3 is 10.1 Å². The molecule has 0 aliphatic heterocycles. The Hall–Kier alpha value is -3.57. The molecule has 33 heavy (non-hydrogen) atoms. The highest BCUT2D eigenvalue weighted by Gasteiger charge is 2.12. The number of ether oxygens (including phenoxy) is 1. The molecule has 1 heterocycles. The SMILES string of the molecule is CCc1ccc(OCc2cccc(C(=O)Nc3cc(C)n(Cc4ccccc4Cl)n3)c2)cc1. The average molecular weight is 460 g/mol. The summed E-state index contributed by atoms with van der Waals surface area (Å²) in [5.74, 6) is 1.09. The van der Waals surface area contributed by atoms with Crippen LogP contribution in [-0.2, 0) is 19.6 Å². The first-order chi connectivity index (χ1) is 16.0. The Morgan fingerprint density at radius 1 is 1.00 bits per heavy atom. The van der Waals surface area contributed by atoms with Crippen molar-refractivity contribution in [2.75, 3.05) is 5.32 Å². The highest BCUT2D eigenvalue weighted by molar-refractivity contribution is 6.31. The van der Waals surface area contributed by atoms with Crippen molar-refractivity contribution < 1.29 is 9.53 Å². The number of aryl methyl sites for hydroxylation is 2. The number of carbonyl (C=O) groups is 1. The standard InChI is InChI=1S/C27H26ClN3O2/c1-3-20-11-13-24(14-12-20)33-18-21-7-6-9-22(16-21)27(32)29-26-15-19(2)31(30-26)17-23-8-4-5-10-25(23)28/h4-16H,3,17-18H2,1-2H3,(H,29,30,32). The summed E-state index contributed by atoms with van der Waals surface area (Å²) in [7, 11) is 0.